The van der Waals surface area contributed by atoms with E-state index in [4.69, 9.17) is 24.9 Å². The second-order valence-corrected chi connectivity index (χ2v) is 2.12. The summed E-state index contributed by atoms with van der Waals surface area (Å²) in [4.78, 5) is 27.1. The van der Waals surface area contributed by atoms with Crippen LogP contribution in [-0.4, -0.2) is 33.7 Å². The zero-order chi connectivity index (χ0) is 12.0. The van der Waals surface area contributed by atoms with Crippen LogP contribution in [0.5, 0.6) is 0 Å². The molecular formula is C8H16O6. The Hall–Kier alpha value is -1.59. The lowest BCUT2D eigenvalue weighted by Gasteiger charge is -1.85. The molecule has 0 rings (SSSR count). The van der Waals surface area contributed by atoms with Gasteiger partial charge < -0.3 is 15.3 Å². The van der Waals surface area contributed by atoms with Crippen molar-refractivity contribution in [3.05, 3.63) is 0 Å². The molecule has 0 radical (unpaired) electrons. The number of carboxylic acids is 2. The number of carbonyl (C=O) groups is 3. The average Bonchev–Trinajstić information content (AvgIpc) is 2.01. The molecule has 0 spiro atoms. The van der Waals surface area contributed by atoms with Crippen molar-refractivity contribution in [2.75, 3.05) is 0 Å². The fraction of sp³-hybridized carbons (Fsp3) is 0.625. The van der Waals surface area contributed by atoms with Gasteiger partial charge in [-0.3, -0.25) is 14.4 Å². The molecule has 0 saturated heterocycles. The van der Waals surface area contributed by atoms with E-state index in [0.717, 1.165) is 19.8 Å². The van der Waals surface area contributed by atoms with Crippen molar-refractivity contribution in [2.24, 2.45) is 0 Å². The minimum Gasteiger partial charge on any atom is -0.483 e. The molecule has 84 valence electrons. The highest BCUT2D eigenvalue weighted by Crippen LogP contribution is 1.91. The molecule has 0 aliphatic heterocycles. The van der Waals surface area contributed by atoms with Crippen LogP contribution >= 0.6 is 0 Å². The van der Waals surface area contributed by atoms with Gasteiger partial charge in [0, 0.05) is 13.3 Å². The summed E-state index contributed by atoms with van der Waals surface area (Å²) in [6, 6.07) is 0. The first-order valence-electron chi connectivity index (χ1n) is 3.91. The first-order valence-corrected chi connectivity index (χ1v) is 3.91. The standard InChI is InChI=1S/C5H10O2.C2H4O2.CH2O2/c1-2-3-4-5(6)7;1-2(3)4;2-1-3/h2-4H2,1H3,(H,6,7);1H3,(H,3,4);1H,(H,2,3). The second-order valence-electron chi connectivity index (χ2n) is 2.12. The van der Waals surface area contributed by atoms with Crippen molar-refractivity contribution in [1.82, 2.24) is 0 Å². The Bertz CT molecular complexity index is 150. The number of hydrogen-bond acceptors (Lipinski definition) is 3. The van der Waals surface area contributed by atoms with Crippen molar-refractivity contribution in [3.8, 4) is 0 Å². The van der Waals surface area contributed by atoms with E-state index in [-0.39, 0.29) is 6.47 Å². The van der Waals surface area contributed by atoms with Crippen LogP contribution in [0.25, 0.3) is 0 Å². The van der Waals surface area contributed by atoms with Crippen LogP contribution < -0.4 is 0 Å². The topological polar surface area (TPSA) is 112 Å². The third kappa shape index (κ3) is 159. The Labute approximate surface area is 82.2 Å². The van der Waals surface area contributed by atoms with Gasteiger partial charge in [0.1, 0.15) is 0 Å². The van der Waals surface area contributed by atoms with E-state index in [1.165, 1.54) is 0 Å². The van der Waals surface area contributed by atoms with Gasteiger partial charge in [-0.25, -0.2) is 0 Å². The largest absolute Gasteiger partial charge is 0.483 e. The molecule has 0 aliphatic rings. The van der Waals surface area contributed by atoms with E-state index in [9.17, 15) is 4.79 Å². The Kier molecular flexibility index (Phi) is 22.8. The molecule has 14 heavy (non-hydrogen) atoms. The molecule has 0 aromatic heterocycles. The lowest BCUT2D eigenvalue weighted by Crippen LogP contribution is -1.91. The summed E-state index contributed by atoms with van der Waals surface area (Å²) in [6.45, 7) is 2.81. The lowest BCUT2D eigenvalue weighted by atomic mass is 10.3. The Morgan fingerprint density at radius 2 is 1.57 bits per heavy atom. The van der Waals surface area contributed by atoms with Gasteiger partial charge in [-0.2, -0.15) is 0 Å². The first-order chi connectivity index (χ1) is 6.42. The molecule has 0 bridgehead atoms. The maximum absolute atomic E-state index is 9.76. The molecule has 6 heteroatoms. The summed E-state index contributed by atoms with van der Waals surface area (Å²) >= 11 is 0. The van der Waals surface area contributed by atoms with Gasteiger partial charge in [0.15, 0.2) is 0 Å². The molecule has 0 heterocycles. The van der Waals surface area contributed by atoms with Crippen molar-refractivity contribution in [3.63, 3.8) is 0 Å². The van der Waals surface area contributed by atoms with Crippen LogP contribution in [0.3, 0.4) is 0 Å². The van der Waals surface area contributed by atoms with E-state index in [2.05, 4.69) is 0 Å². The van der Waals surface area contributed by atoms with Crippen molar-refractivity contribution < 1.29 is 29.7 Å². The van der Waals surface area contributed by atoms with E-state index in [0.29, 0.717) is 6.42 Å². The van der Waals surface area contributed by atoms with Crippen LogP contribution in [0, 0.1) is 0 Å². The molecule has 0 saturated carbocycles. The van der Waals surface area contributed by atoms with E-state index in [1.54, 1.807) is 0 Å². The fourth-order valence-corrected chi connectivity index (χ4v) is 0.328. The third-order valence-electron chi connectivity index (χ3n) is 0.744. The summed E-state index contributed by atoms with van der Waals surface area (Å²) in [7, 11) is 0. The predicted octanol–water partition coefficient (Wildman–Crippen LogP) is 1.05. The van der Waals surface area contributed by atoms with Gasteiger partial charge >= 0.3 is 5.97 Å². The summed E-state index contributed by atoms with van der Waals surface area (Å²) in [5, 5.41) is 22.4. The first kappa shape index (κ1) is 18.2. The third-order valence-corrected chi connectivity index (χ3v) is 0.744. The highest BCUT2D eigenvalue weighted by atomic mass is 16.4. The van der Waals surface area contributed by atoms with Gasteiger partial charge in [-0.15, -0.1) is 0 Å². The molecule has 0 aromatic carbocycles. The van der Waals surface area contributed by atoms with Gasteiger partial charge in [-0.1, -0.05) is 13.3 Å². The Morgan fingerprint density at radius 1 is 1.29 bits per heavy atom. The number of aliphatic carboxylic acids is 2. The molecule has 0 aliphatic carbocycles. The summed E-state index contributed by atoms with van der Waals surface area (Å²) in [6.07, 6.45) is 2.08. The summed E-state index contributed by atoms with van der Waals surface area (Å²) < 4.78 is 0. The summed E-state index contributed by atoms with van der Waals surface area (Å²) in [5.41, 5.74) is 0. The molecule has 0 atom stereocenters. The highest BCUT2D eigenvalue weighted by molar-refractivity contribution is 5.66. The van der Waals surface area contributed by atoms with Gasteiger partial charge in [-0.05, 0) is 6.42 Å². The van der Waals surface area contributed by atoms with Gasteiger partial charge in [0.2, 0.25) is 0 Å². The fourth-order valence-electron chi connectivity index (χ4n) is 0.328. The van der Waals surface area contributed by atoms with Gasteiger partial charge in [0.05, 0.1) is 0 Å². The minimum atomic E-state index is -0.833. The average molecular weight is 208 g/mol. The molecule has 3 N–H and O–H groups in total. The second kappa shape index (κ2) is 17.5. The molecular weight excluding hydrogens is 192 g/mol. The van der Waals surface area contributed by atoms with E-state index >= 15 is 0 Å². The van der Waals surface area contributed by atoms with Crippen LogP contribution in [0.15, 0.2) is 0 Å². The SMILES string of the molecule is CC(=O)O.CCCCC(=O)O.O=CO. The van der Waals surface area contributed by atoms with E-state index in [1.807, 2.05) is 6.92 Å². The quantitative estimate of drug-likeness (QED) is 0.597. The van der Waals surface area contributed by atoms with Gasteiger partial charge in [0.25, 0.3) is 12.4 Å². The minimum absolute atomic E-state index is 0.250. The normalized spacial score (nSPS) is 7.00. The van der Waals surface area contributed by atoms with Crippen molar-refractivity contribution >= 4 is 18.4 Å². The van der Waals surface area contributed by atoms with Crippen LogP contribution in [0.4, 0.5) is 0 Å². The maximum atomic E-state index is 9.76. The predicted molar refractivity (Wildman–Crippen MR) is 49.2 cm³/mol. The monoisotopic (exact) mass is 208 g/mol. The number of hydrogen-bond donors (Lipinski definition) is 3. The van der Waals surface area contributed by atoms with Crippen LogP contribution in [-0.2, 0) is 14.4 Å². The molecule has 0 unspecified atom stereocenters. The Morgan fingerprint density at radius 3 is 1.64 bits per heavy atom. The van der Waals surface area contributed by atoms with Crippen molar-refractivity contribution in [1.29, 1.82) is 0 Å². The number of carboxylic acid groups (broad SMARTS) is 3. The molecule has 0 fully saturated rings. The lowest BCUT2D eigenvalue weighted by molar-refractivity contribution is -0.137. The Balaban J connectivity index is -0.000000147. The number of rotatable bonds is 3. The van der Waals surface area contributed by atoms with Crippen molar-refractivity contribution in [2.45, 2.75) is 33.1 Å². The highest BCUT2D eigenvalue weighted by Gasteiger charge is 1.90. The van der Waals surface area contributed by atoms with E-state index < -0.39 is 11.9 Å². The summed E-state index contributed by atoms with van der Waals surface area (Å²) in [5.74, 6) is -1.53. The molecule has 6 nitrogen and oxygen atoms in total. The maximum Gasteiger partial charge on any atom is 0.303 e. The molecule has 0 amide bonds. The van der Waals surface area contributed by atoms with Crippen LogP contribution in [0.2, 0.25) is 0 Å². The zero-order valence-corrected chi connectivity index (χ0v) is 8.27. The molecule has 0 aromatic rings. The zero-order valence-electron chi connectivity index (χ0n) is 8.27. The smallest absolute Gasteiger partial charge is 0.303 e. The number of unbranched alkanes of at least 4 members (excludes halogenated alkanes) is 1. The van der Waals surface area contributed by atoms with Crippen LogP contribution in [0.1, 0.15) is 33.1 Å².